The number of nitrogens with two attached hydrogens (primary N) is 6. The summed E-state index contributed by atoms with van der Waals surface area (Å²) < 4.78 is 0. The number of guanidine groups is 2. The summed E-state index contributed by atoms with van der Waals surface area (Å²) in [5.74, 6) is -4.47. The molecular formula is C23H45N11O6. The Morgan fingerprint density at radius 3 is 1.60 bits per heavy atom. The van der Waals surface area contributed by atoms with Crippen LogP contribution in [0.15, 0.2) is 9.98 Å². The van der Waals surface area contributed by atoms with Crippen LogP contribution in [0.2, 0.25) is 0 Å². The molecular weight excluding hydrogens is 526 g/mol. The molecule has 0 aliphatic heterocycles. The molecule has 0 aliphatic carbocycles. The van der Waals surface area contributed by atoms with Gasteiger partial charge in [0, 0.05) is 19.5 Å². The number of nitrogens with one attached hydrogen (secondary N) is 3. The molecule has 4 amide bonds. The average molecular weight is 572 g/mol. The molecule has 17 heteroatoms. The van der Waals surface area contributed by atoms with Crippen molar-refractivity contribution >= 4 is 41.5 Å². The van der Waals surface area contributed by atoms with Gasteiger partial charge in [0.2, 0.25) is 23.6 Å². The van der Waals surface area contributed by atoms with Gasteiger partial charge in [-0.2, -0.15) is 0 Å². The summed E-state index contributed by atoms with van der Waals surface area (Å²) in [4.78, 5) is 69.5. The van der Waals surface area contributed by atoms with Gasteiger partial charge in [-0.3, -0.25) is 29.2 Å². The second-order valence-corrected chi connectivity index (χ2v) is 9.66. The molecule has 0 heterocycles. The average Bonchev–Trinajstić information content (AvgIpc) is 2.84. The minimum absolute atomic E-state index is 0.0476. The Labute approximate surface area is 233 Å². The SMILES string of the molecule is CC(C)CC(NC(=O)C(CCC(N)=O)NC(=O)C(CCCN=C(N)N)NC(=O)C(N)CCCN=C(N)N)C(=O)O. The predicted octanol–water partition coefficient (Wildman–Crippen LogP) is -3.73. The van der Waals surface area contributed by atoms with Gasteiger partial charge in [-0.05, 0) is 44.4 Å². The van der Waals surface area contributed by atoms with Crippen molar-refractivity contribution in [2.75, 3.05) is 13.1 Å². The van der Waals surface area contributed by atoms with Crippen LogP contribution in [-0.4, -0.2) is 83.9 Å². The minimum atomic E-state index is -1.31. The predicted molar refractivity (Wildman–Crippen MR) is 149 cm³/mol. The van der Waals surface area contributed by atoms with Gasteiger partial charge in [0.15, 0.2) is 11.9 Å². The van der Waals surface area contributed by atoms with E-state index in [0.29, 0.717) is 6.42 Å². The fourth-order valence-electron chi connectivity index (χ4n) is 3.49. The normalized spacial score (nSPS) is 13.7. The summed E-state index contributed by atoms with van der Waals surface area (Å²) in [6.07, 6.45) is 0.670. The Morgan fingerprint density at radius 2 is 1.15 bits per heavy atom. The maximum absolute atomic E-state index is 13.2. The smallest absolute Gasteiger partial charge is 0.326 e. The molecule has 228 valence electrons. The van der Waals surface area contributed by atoms with Crippen LogP contribution in [0.25, 0.3) is 0 Å². The first kappa shape index (κ1) is 35.9. The van der Waals surface area contributed by atoms with Crippen LogP contribution >= 0.6 is 0 Å². The molecule has 4 atom stereocenters. The molecule has 0 bridgehead atoms. The zero-order valence-electron chi connectivity index (χ0n) is 23.1. The van der Waals surface area contributed by atoms with Gasteiger partial charge in [0.1, 0.15) is 18.1 Å². The highest BCUT2D eigenvalue weighted by atomic mass is 16.4. The molecule has 0 spiro atoms. The summed E-state index contributed by atoms with van der Waals surface area (Å²) in [7, 11) is 0. The number of primary amides is 1. The molecule has 0 aliphatic rings. The molecule has 0 aromatic heterocycles. The number of carboxylic acid groups (broad SMARTS) is 1. The van der Waals surface area contributed by atoms with Crippen molar-refractivity contribution in [2.45, 2.75) is 83.0 Å². The van der Waals surface area contributed by atoms with Gasteiger partial charge in [0.25, 0.3) is 0 Å². The summed E-state index contributed by atoms with van der Waals surface area (Å²) in [6, 6.07) is -4.66. The van der Waals surface area contributed by atoms with Crippen molar-refractivity contribution in [3.63, 3.8) is 0 Å². The third kappa shape index (κ3) is 16.6. The fraction of sp³-hybridized carbons (Fsp3) is 0.696. The molecule has 0 aromatic carbocycles. The molecule has 16 N–H and O–H groups in total. The van der Waals surface area contributed by atoms with Crippen LogP contribution in [0.5, 0.6) is 0 Å². The largest absolute Gasteiger partial charge is 0.480 e. The minimum Gasteiger partial charge on any atom is -0.480 e. The molecule has 40 heavy (non-hydrogen) atoms. The second-order valence-electron chi connectivity index (χ2n) is 9.66. The van der Waals surface area contributed by atoms with Crippen LogP contribution in [0.1, 0.15) is 58.8 Å². The van der Waals surface area contributed by atoms with Gasteiger partial charge in [-0.25, -0.2) is 4.79 Å². The van der Waals surface area contributed by atoms with E-state index in [4.69, 9.17) is 34.4 Å². The van der Waals surface area contributed by atoms with Crippen LogP contribution in [0, 0.1) is 5.92 Å². The van der Waals surface area contributed by atoms with Crippen molar-refractivity contribution in [1.82, 2.24) is 16.0 Å². The highest BCUT2D eigenvalue weighted by Crippen LogP contribution is 2.08. The van der Waals surface area contributed by atoms with Crippen molar-refractivity contribution < 1.29 is 29.1 Å². The standard InChI is InChI=1S/C23H45N11O6/c1-12(2)11-16(21(39)40)34-20(38)15(7-8-17(25)35)33-19(37)14(6-4-10-31-23(28)29)32-18(36)13(24)5-3-9-30-22(26)27/h12-16H,3-11,24H2,1-2H3,(H2,25,35)(H,32,36)(H,33,37)(H,34,38)(H,39,40)(H4,26,27,30)(H4,28,29,31). The monoisotopic (exact) mass is 571 g/mol. The molecule has 0 rings (SSSR count). The van der Waals surface area contributed by atoms with Gasteiger partial charge in [0.05, 0.1) is 6.04 Å². The number of amides is 4. The third-order valence-corrected chi connectivity index (χ3v) is 5.52. The van der Waals surface area contributed by atoms with Crippen molar-refractivity contribution in [1.29, 1.82) is 0 Å². The Balaban J connectivity index is 5.66. The van der Waals surface area contributed by atoms with Crippen LogP contribution < -0.4 is 50.4 Å². The number of hydrogen-bond acceptors (Lipinski definition) is 8. The number of carbonyl (C=O) groups excluding carboxylic acids is 4. The maximum atomic E-state index is 13.2. The first-order valence-corrected chi connectivity index (χ1v) is 12.9. The maximum Gasteiger partial charge on any atom is 0.326 e. The number of carboxylic acids is 1. The van der Waals surface area contributed by atoms with E-state index in [1.807, 2.05) is 0 Å². The van der Waals surface area contributed by atoms with Gasteiger partial charge >= 0.3 is 5.97 Å². The van der Waals surface area contributed by atoms with Crippen molar-refractivity contribution in [3.05, 3.63) is 0 Å². The number of nitrogens with zero attached hydrogens (tertiary/aromatic N) is 2. The lowest BCUT2D eigenvalue weighted by Gasteiger charge is -2.25. The number of rotatable bonds is 20. The number of aliphatic carboxylic acids is 1. The molecule has 17 nitrogen and oxygen atoms in total. The summed E-state index contributed by atoms with van der Waals surface area (Å²) in [6.45, 7) is 4.00. The number of carbonyl (C=O) groups is 5. The van der Waals surface area contributed by atoms with Gasteiger partial charge in [-0.15, -0.1) is 0 Å². The first-order valence-electron chi connectivity index (χ1n) is 12.9. The highest BCUT2D eigenvalue weighted by Gasteiger charge is 2.30. The van der Waals surface area contributed by atoms with Crippen LogP contribution in [0.3, 0.4) is 0 Å². The van der Waals surface area contributed by atoms with Crippen LogP contribution in [0.4, 0.5) is 0 Å². The van der Waals surface area contributed by atoms with Crippen LogP contribution in [-0.2, 0) is 24.0 Å². The van der Waals surface area contributed by atoms with E-state index >= 15 is 0 Å². The van der Waals surface area contributed by atoms with Gasteiger partial charge in [-0.1, -0.05) is 13.8 Å². The van der Waals surface area contributed by atoms with Crippen molar-refractivity contribution in [3.8, 4) is 0 Å². The van der Waals surface area contributed by atoms with E-state index in [1.54, 1.807) is 13.8 Å². The summed E-state index contributed by atoms with van der Waals surface area (Å²) in [5, 5.41) is 16.9. The zero-order valence-corrected chi connectivity index (χ0v) is 23.1. The Morgan fingerprint density at radius 1 is 0.700 bits per heavy atom. The van der Waals surface area contributed by atoms with Crippen molar-refractivity contribution in [2.24, 2.45) is 50.3 Å². The number of hydrogen-bond donors (Lipinski definition) is 10. The van der Waals surface area contributed by atoms with E-state index in [0.717, 1.165) is 0 Å². The Bertz CT molecular complexity index is 917. The Hall–Kier alpha value is -4.15. The molecule has 4 unspecified atom stereocenters. The fourth-order valence-corrected chi connectivity index (χ4v) is 3.49. The molecule has 0 saturated carbocycles. The van der Waals surface area contributed by atoms with Gasteiger partial charge < -0.3 is 55.5 Å². The molecule has 0 fully saturated rings. The van der Waals surface area contributed by atoms with E-state index in [2.05, 4.69) is 25.9 Å². The third-order valence-electron chi connectivity index (χ3n) is 5.52. The van der Waals surface area contributed by atoms with E-state index < -0.39 is 53.8 Å². The Kier molecular flexibility index (Phi) is 17.0. The molecule has 0 radical (unpaired) electrons. The first-order chi connectivity index (χ1) is 18.6. The lowest BCUT2D eigenvalue weighted by atomic mass is 10.0. The zero-order chi connectivity index (χ0) is 30.8. The number of aliphatic imine (C=N–C) groups is 2. The topological polar surface area (TPSA) is 323 Å². The summed E-state index contributed by atoms with van der Waals surface area (Å²) >= 11 is 0. The van der Waals surface area contributed by atoms with E-state index in [9.17, 15) is 29.1 Å². The van der Waals surface area contributed by atoms with E-state index in [-0.39, 0.29) is 69.5 Å². The lowest BCUT2D eigenvalue weighted by Crippen LogP contribution is -2.57. The quantitative estimate of drug-likeness (QED) is 0.0384. The molecule has 0 aromatic rings. The summed E-state index contributed by atoms with van der Waals surface area (Å²) in [5.41, 5.74) is 32.4. The van der Waals surface area contributed by atoms with E-state index in [1.165, 1.54) is 0 Å². The molecule has 0 saturated heterocycles. The highest BCUT2D eigenvalue weighted by molar-refractivity contribution is 5.94. The second kappa shape index (κ2) is 19.0. The lowest BCUT2D eigenvalue weighted by molar-refractivity contribution is -0.143.